The topological polar surface area (TPSA) is 39.5 Å². The van der Waals surface area contributed by atoms with Gasteiger partial charge in [-0.25, -0.2) is 4.98 Å². The maximum Gasteiger partial charge on any atom is 0.161 e. The van der Waals surface area contributed by atoms with Crippen LogP contribution in [0.1, 0.15) is 36.6 Å². The number of hydrogen-bond acceptors (Lipinski definition) is 4. The van der Waals surface area contributed by atoms with Gasteiger partial charge in [-0.1, -0.05) is 91.7 Å². The van der Waals surface area contributed by atoms with E-state index in [0.29, 0.717) is 24.9 Å². The fraction of sp³-hybridized carbons (Fsp3) is 0.300. The predicted octanol–water partition coefficient (Wildman–Crippen LogP) is 6.98. The fourth-order valence-electron chi connectivity index (χ4n) is 4.64. The summed E-state index contributed by atoms with van der Waals surface area (Å²) in [4.78, 5) is 7.24. The van der Waals surface area contributed by atoms with Gasteiger partial charge in [0.15, 0.2) is 16.7 Å². The van der Waals surface area contributed by atoms with Gasteiger partial charge in [-0.3, -0.25) is 4.90 Å². The Bertz CT molecular complexity index is 1270. The maximum atomic E-state index is 6.83. The van der Waals surface area contributed by atoms with Crippen LogP contribution in [0.4, 0.5) is 0 Å². The van der Waals surface area contributed by atoms with Crippen molar-refractivity contribution in [3.8, 4) is 22.9 Å². The summed E-state index contributed by atoms with van der Waals surface area (Å²) in [6, 6.07) is 27.1. The molecule has 0 saturated heterocycles. The van der Waals surface area contributed by atoms with Crippen LogP contribution in [-0.4, -0.2) is 27.7 Å². The lowest BCUT2D eigenvalue weighted by Gasteiger charge is -2.25. The third kappa shape index (κ3) is 5.75. The number of fused-ring (bicyclic) bond motifs is 1. The maximum absolute atomic E-state index is 6.83. The fourth-order valence-corrected chi connectivity index (χ4v) is 4.88. The zero-order valence-corrected chi connectivity index (χ0v) is 21.5. The van der Waals surface area contributed by atoms with Crippen molar-refractivity contribution < 1.29 is 9.47 Å². The molecule has 0 atom stereocenters. The summed E-state index contributed by atoms with van der Waals surface area (Å²) in [6.07, 6.45) is 2.18. The molecule has 186 valence electrons. The lowest BCUT2D eigenvalue weighted by Crippen LogP contribution is -2.24. The monoisotopic (exact) mass is 501 g/mol. The molecular weight excluding hydrogens is 470 g/mol. The van der Waals surface area contributed by atoms with E-state index in [1.54, 1.807) is 0 Å². The van der Waals surface area contributed by atoms with Gasteiger partial charge in [0, 0.05) is 31.7 Å². The first-order chi connectivity index (χ1) is 17.7. The number of benzene rings is 3. The van der Waals surface area contributed by atoms with Crippen LogP contribution in [0.3, 0.4) is 0 Å². The molecule has 4 aromatic rings. The van der Waals surface area contributed by atoms with E-state index >= 15 is 0 Å². The average molecular weight is 502 g/mol. The number of hydrogen-bond donors (Lipinski definition) is 0. The zero-order chi connectivity index (χ0) is 24.7. The molecule has 2 heterocycles. The minimum absolute atomic E-state index is 0.574. The Morgan fingerprint density at radius 2 is 1.53 bits per heavy atom. The van der Waals surface area contributed by atoms with E-state index in [9.17, 15) is 0 Å². The van der Waals surface area contributed by atoms with E-state index in [1.807, 2.05) is 24.3 Å². The van der Waals surface area contributed by atoms with Crippen LogP contribution < -0.4 is 9.47 Å². The zero-order valence-electron chi connectivity index (χ0n) is 20.7. The second kappa shape index (κ2) is 11.6. The normalized spacial score (nSPS) is 12.8. The smallest absolute Gasteiger partial charge is 0.161 e. The highest BCUT2D eigenvalue weighted by Gasteiger charge is 2.21. The van der Waals surface area contributed by atoms with E-state index in [2.05, 4.69) is 71.0 Å². The number of rotatable bonds is 10. The summed E-state index contributed by atoms with van der Waals surface area (Å²) in [5.74, 6) is 2.56. The van der Waals surface area contributed by atoms with E-state index in [-0.39, 0.29) is 0 Å². The number of unbranched alkanes of at least 4 members (excludes halogenated alkanes) is 1. The van der Waals surface area contributed by atoms with Crippen molar-refractivity contribution in [1.82, 2.24) is 14.5 Å². The summed E-state index contributed by atoms with van der Waals surface area (Å²) in [5, 5.41) is 0.574. The van der Waals surface area contributed by atoms with Crippen LogP contribution in [0, 0.1) is 0 Å². The number of aromatic nitrogens is 2. The van der Waals surface area contributed by atoms with E-state index in [1.165, 1.54) is 11.1 Å². The Balaban J connectivity index is 1.47. The molecule has 0 saturated carbocycles. The molecule has 5 nitrogen and oxygen atoms in total. The second-order valence-corrected chi connectivity index (χ2v) is 9.51. The van der Waals surface area contributed by atoms with Crippen LogP contribution >= 0.6 is 11.6 Å². The SMILES string of the molecule is CCCCn1c(-c2ccccc2)nc(Cl)c1CN(Cc1ccccc1)Cc1ccc2c(c1)OCCO2. The second-order valence-electron chi connectivity index (χ2n) is 9.15. The molecule has 0 spiro atoms. The molecule has 0 radical (unpaired) electrons. The summed E-state index contributed by atoms with van der Waals surface area (Å²) >= 11 is 6.83. The Labute approximate surface area is 218 Å². The minimum atomic E-state index is 0.574. The largest absolute Gasteiger partial charge is 0.486 e. The van der Waals surface area contributed by atoms with Gasteiger partial charge in [-0.15, -0.1) is 0 Å². The molecule has 0 aliphatic carbocycles. The molecule has 1 aliphatic heterocycles. The van der Waals surface area contributed by atoms with Gasteiger partial charge in [0.05, 0.1) is 5.69 Å². The van der Waals surface area contributed by atoms with Crippen molar-refractivity contribution >= 4 is 11.6 Å². The van der Waals surface area contributed by atoms with Gasteiger partial charge in [0.1, 0.15) is 19.0 Å². The van der Waals surface area contributed by atoms with Crippen molar-refractivity contribution in [3.63, 3.8) is 0 Å². The molecule has 0 unspecified atom stereocenters. The quantitative estimate of drug-likeness (QED) is 0.235. The van der Waals surface area contributed by atoms with Crippen LogP contribution in [0.25, 0.3) is 11.4 Å². The molecule has 0 fully saturated rings. The van der Waals surface area contributed by atoms with Gasteiger partial charge in [0.2, 0.25) is 0 Å². The van der Waals surface area contributed by atoms with Crippen LogP contribution in [0.15, 0.2) is 78.9 Å². The third-order valence-corrected chi connectivity index (χ3v) is 6.73. The van der Waals surface area contributed by atoms with Gasteiger partial charge in [-0.2, -0.15) is 0 Å². The summed E-state index contributed by atoms with van der Waals surface area (Å²) in [6.45, 7) is 6.51. The van der Waals surface area contributed by atoms with Crippen LogP contribution in [-0.2, 0) is 26.2 Å². The van der Waals surface area contributed by atoms with Crippen molar-refractivity contribution in [2.45, 2.75) is 45.9 Å². The average Bonchev–Trinajstić information content (AvgIpc) is 3.23. The highest BCUT2D eigenvalue weighted by atomic mass is 35.5. The Hall–Kier alpha value is -3.28. The summed E-state index contributed by atoms with van der Waals surface area (Å²) in [7, 11) is 0. The number of imidazole rings is 1. The number of halogens is 1. The summed E-state index contributed by atoms with van der Waals surface area (Å²) in [5.41, 5.74) is 4.57. The first-order valence-corrected chi connectivity index (χ1v) is 13.0. The molecule has 6 heteroatoms. The lowest BCUT2D eigenvalue weighted by atomic mass is 10.1. The van der Waals surface area contributed by atoms with Crippen molar-refractivity contribution in [1.29, 1.82) is 0 Å². The highest BCUT2D eigenvalue weighted by Crippen LogP contribution is 2.32. The minimum Gasteiger partial charge on any atom is -0.486 e. The van der Waals surface area contributed by atoms with E-state index < -0.39 is 0 Å². The molecule has 3 aromatic carbocycles. The third-order valence-electron chi connectivity index (χ3n) is 6.43. The van der Waals surface area contributed by atoms with Crippen molar-refractivity contribution in [2.75, 3.05) is 13.2 Å². The predicted molar refractivity (Wildman–Crippen MR) is 144 cm³/mol. The van der Waals surface area contributed by atoms with E-state index in [4.69, 9.17) is 26.1 Å². The van der Waals surface area contributed by atoms with E-state index in [0.717, 1.165) is 61.1 Å². The van der Waals surface area contributed by atoms with Gasteiger partial charge in [-0.05, 0) is 29.7 Å². The summed E-state index contributed by atoms with van der Waals surface area (Å²) < 4.78 is 13.9. The lowest BCUT2D eigenvalue weighted by molar-refractivity contribution is 0.170. The molecule has 5 rings (SSSR count). The Morgan fingerprint density at radius 3 is 2.28 bits per heavy atom. The Kier molecular flexibility index (Phi) is 7.89. The van der Waals surface area contributed by atoms with Crippen LogP contribution in [0.5, 0.6) is 11.5 Å². The van der Waals surface area contributed by atoms with Crippen LogP contribution in [0.2, 0.25) is 5.15 Å². The molecule has 36 heavy (non-hydrogen) atoms. The molecular formula is C30H32ClN3O2. The Morgan fingerprint density at radius 1 is 0.833 bits per heavy atom. The van der Waals surface area contributed by atoms with Crippen molar-refractivity contribution in [2.24, 2.45) is 0 Å². The first-order valence-electron chi connectivity index (χ1n) is 12.7. The standard InChI is InChI=1S/C30H32ClN3O2/c1-2-3-16-34-26(29(31)32-30(34)25-12-8-5-9-13-25)22-33(20-23-10-6-4-7-11-23)21-24-14-15-27-28(19-24)36-18-17-35-27/h4-15,19H,2-3,16-18,20-22H2,1H3. The molecule has 1 aliphatic rings. The van der Waals surface area contributed by atoms with Gasteiger partial charge < -0.3 is 14.0 Å². The molecule has 1 aromatic heterocycles. The highest BCUT2D eigenvalue weighted by molar-refractivity contribution is 6.30. The van der Waals surface area contributed by atoms with Gasteiger partial charge in [0.25, 0.3) is 0 Å². The number of ether oxygens (including phenoxy) is 2. The van der Waals surface area contributed by atoms with Crippen molar-refractivity contribution in [3.05, 3.63) is 101 Å². The number of nitrogens with zero attached hydrogens (tertiary/aromatic N) is 3. The molecule has 0 bridgehead atoms. The first kappa shape index (κ1) is 24.4. The molecule has 0 amide bonds. The molecule has 0 N–H and O–H groups in total. The van der Waals surface area contributed by atoms with Gasteiger partial charge >= 0.3 is 0 Å².